The maximum absolute atomic E-state index is 10.4. The number of aromatic nitrogens is 3. The lowest BCUT2D eigenvalue weighted by atomic mass is 9.89. The highest BCUT2D eigenvalue weighted by molar-refractivity contribution is 5.67. The third-order valence-corrected chi connectivity index (χ3v) is 3.30. The molecule has 0 aromatic carbocycles. The number of carboxylic acids is 1. The molecule has 1 aliphatic carbocycles. The number of aliphatic carboxylic acids is 1. The van der Waals surface area contributed by atoms with Gasteiger partial charge in [-0.1, -0.05) is 19.3 Å². The van der Waals surface area contributed by atoms with Gasteiger partial charge >= 0.3 is 5.97 Å². The van der Waals surface area contributed by atoms with Gasteiger partial charge in [0.05, 0.1) is 0 Å². The number of aryl methyl sites for hydroxylation is 1. The second-order valence-corrected chi connectivity index (χ2v) is 4.73. The molecule has 100 valence electrons. The molecule has 6 heteroatoms. The SMILES string of the molecule is Cn1nc(C2CCCCC2)nc1COCC(=O)O. The van der Waals surface area contributed by atoms with Crippen molar-refractivity contribution in [2.75, 3.05) is 6.61 Å². The number of carbonyl (C=O) groups is 1. The fraction of sp³-hybridized carbons (Fsp3) is 0.750. The Balaban J connectivity index is 1.95. The van der Waals surface area contributed by atoms with Crippen LogP contribution in [0.2, 0.25) is 0 Å². The van der Waals surface area contributed by atoms with Crippen molar-refractivity contribution < 1.29 is 14.6 Å². The zero-order valence-corrected chi connectivity index (χ0v) is 10.6. The first-order chi connectivity index (χ1) is 8.66. The molecule has 1 saturated carbocycles. The smallest absolute Gasteiger partial charge is 0.329 e. The maximum atomic E-state index is 10.4. The Kier molecular flexibility index (Phi) is 4.30. The number of nitrogens with zero attached hydrogens (tertiary/aromatic N) is 3. The van der Waals surface area contributed by atoms with Crippen molar-refractivity contribution in [3.63, 3.8) is 0 Å². The van der Waals surface area contributed by atoms with Gasteiger partial charge in [0.1, 0.15) is 13.2 Å². The lowest BCUT2D eigenvalue weighted by Gasteiger charge is -2.18. The summed E-state index contributed by atoms with van der Waals surface area (Å²) in [5, 5.41) is 12.9. The third kappa shape index (κ3) is 3.29. The summed E-state index contributed by atoms with van der Waals surface area (Å²) in [7, 11) is 1.82. The molecule has 0 spiro atoms. The van der Waals surface area contributed by atoms with Crippen molar-refractivity contribution in [1.29, 1.82) is 0 Å². The molecule has 6 nitrogen and oxygen atoms in total. The van der Waals surface area contributed by atoms with E-state index in [0.717, 1.165) is 18.7 Å². The van der Waals surface area contributed by atoms with Crippen LogP contribution in [0.5, 0.6) is 0 Å². The molecule has 2 rings (SSSR count). The van der Waals surface area contributed by atoms with Gasteiger partial charge in [-0.2, -0.15) is 5.10 Å². The zero-order valence-electron chi connectivity index (χ0n) is 10.6. The molecule has 0 unspecified atom stereocenters. The number of hydrogen-bond acceptors (Lipinski definition) is 4. The van der Waals surface area contributed by atoms with Crippen LogP contribution in [0.4, 0.5) is 0 Å². The molecule has 18 heavy (non-hydrogen) atoms. The minimum absolute atomic E-state index is 0.197. The standard InChI is InChI=1S/C12H19N3O3/c1-15-10(7-18-8-11(16)17)13-12(14-15)9-5-3-2-4-6-9/h9H,2-8H2,1H3,(H,16,17). The molecule has 0 radical (unpaired) electrons. The Morgan fingerprint density at radius 2 is 2.17 bits per heavy atom. The Morgan fingerprint density at radius 3 is 2.83 bits per heavy atom. The van der Waals surface area contributed by atoms with Gasteiger partial charge in [-0.3, -0.25) is 4.68 Å². The first kappa shape index (κ1) is 13.0. The van der Waals surface area contributed by atoms with Crippen LogP contribution in [0.1, 0.15) is 49.7 Å². The summed E-state index contributed by atoms with van der Waals surface area (Å²) in [6, 6.07) is 0. The summed E-state index contributed by atoms with van der Waals surface area (Å²) >= 11 is 0. The fourth-order valence-electron chi connectivity index (χ4n) is 2.33. The molecule has 0 bridgehead atoms. The Bertz CT molecular complexity index is 411. The first-order valence-corrected chi connectivity index (χ1v) is 6.36. The van der Waals surface area contributed by atoms with Gasteiger partial charge in [0.15, 0.2) is 11.6 Å². The van der Waals surface area contributed by atoms with Crippen molar-refractivity contribution >= 4 is 5.97 Å². The molecule has 1 aliphatic rings. The monoisotopic (exact) mass is 253 g/mol. The fourth-order valence-corrected chi connectivity index (χ4v) is 2.33. The van der Waals surface area contributed by atoms with E-state index in [2.05, 4.69) is 10.1 Å². The van der Waals surface area contributed by atoms with Gasteiger partial charge in [-0.05, 0) is 12.8 Å². The van der Waals surface area contributed by atoms with E-state index in [0.29, 0.717) is 11.7 Å². The van der Waals surface area contributed by atoms with E-state index >= 15 is 0 Å². The Labute approximate surface area is 106 Å². The topological polar surface area (TPSA) is 77.2 Å². The van der Waals surface area contributed by atoms with E-state index in [1.54, 1.807) is 4.68 Å². The van der Waals surface area contributed by atoms with Gasteiger partial charge in [0.25, 0.3) is 0 Å². The molecule has 1 aromatic rings. The largest absolute Gasteiger partial charge is 0.480 e. The van der Waals surface area contributed by atoms with E-state index < -0.39 is 5.97 Å². The van der Waals surface area contributed by atoms with Gasteiger partial charge in [0.2, 0.25) is 0 Å². The number of rotatable bonds is 5. The molecule has 0 saturated heterocycles. The molecule has 0 atom stereocenters. The zero-order chi connectivity index (χ0) is 13.0. The predicted octanol–water partition coefficient (Wildman–Crippen LogP) is 1.46. The van der Waals surface area contributed by atoms with Crippen LogP contribution in [-0.4, -0.2) is 32.4 Å². The molecule has 1 heterocycles. The quantitative estimate of drug-likeness (QED) is 0.859. The summed E-state index contributed by atoms with van der Waals surface area (Å²) < 4.78 is 6.73. The lowest BCUT2D eigenvalue weighted by molar-refractivity contribution is -0.142. The molecule has 1 fully saturated rings. The van der Waals surface area contributed by atoms with E-state index in [1.807, 2.05) is 7.05 Å². The van der Waals surface area contributed by atoms with E-state index in [9.17, 15) is 4.79 Å². The first-order valence-electron chi connectivity index (χ1n) is 6.36. The van der Waals surface area contributed by atoms with E-state index in [4.69, 9.17) is 9.84 Å². The van der Waals surface area contributed by atoms with Crippen molar-refractivity contribution in [3.8, 4) is 0 Å². The maximum Gasteiger partial charge on any atom is 0.329 e. The highest BCUT2D eigenvalue weighted by Gasteiger charge is 2.20. The summed E-state index contributed by atoms with van der Waals surface area (Å²) in [5.74, 6) is 1.06. The van der Waals surface area contributed by atoms with E-state index in [-0.39, 0.29) is 13.2 Å². The molecule has 0 aliphatic heterocycles. The summed E-state index contributed by atoms with van der Waals surface area (Å²) in [6.07, 6.45) is 6.10. The average molecular weight is 253 g/mol. The summed E-state index contributed by atoms with van der Waals surface area (Å²) in [6.45, 7) is -0.103. The van der Waals surface area contributed by atoms with Gasteiger partial charge in [-0.25, -0.2) is 9.78 Å². The number of ether oxygens (including phenoxy) is 1. The van der Waals surface area contributed by atoms with Crippen molar-refractivity contribution in [2.45, 2.75) is 44.6 Å². The highest BCUT2D eigenvalue weighted by atomic mass is 16.5. The molecule has 1 N–H and O–H groups in total. The molecule has 1 aromatic heterocycles. The summed E-state index contributed by atoms with van der Waals surface area (Å²) in [5.41, 5.74) is 0. The predicted molar refractivity (Wildman–Crippen MR) is 64.1 cm³/mol. The normalized spacial score (nSPS) is 16.9. The van der Waals surface area contributed by atoms with Crippen molar-refractivity contribution in [3.05, 3.63) is 11.6 Å². The second kappa shape index (κ2) is 5.95. The van der Waals surface area contributed by atoms with Crippen LogP contribution in [0.3, 0.4) is 0 Å². The average Bonchev–Trinajstić information content (AvgIpc) is 2.72. The Morgan fingerprint density at radius 1 is 1.44 bits per heavy atom. The van der Waals surface area contributed by atoms with E-state index in [1.165, 1.54) is 19.3 Å². The molecular weight excluding hydrogens is 234 g/mol. The highest BCUT2D eigenvalue weighted by Crippen LogP contribution is 2.30. The van der Waals surface area contributed by atoms with Crippen molar-refractivity contribution in [2.24, 2.45) is 7.05 Å². The number of hydrogen-bond donors (Lipinski definition) is 1. The minimum Gasteiger partial charge on any atom is -0.480 e. The molecule has 0 amide bonds. The van der Waals surface area contributed by atoms with Crippen LogP contribution >= 0.6 is 0 Å². The van der Waals surface area contributed by atoms with Gasteiger partial charge < -0.3 is 9.84 Å². The Hall–Kier alpha value is -1.43. The lowest BCUT2D eigenvalue weighted by Crippen LogP contribution is -2.09. The van der Waals surface area contributed by atoms with Crippen molar-refractivity contribution in [1.82, 2.24) is 14.8 Å². The van der Waals surface area contributed by atoms with Gasteiger partial charge in [-0.15, -0.1) is 0 Å². The third-order valence-electron chi connectivity index (χ3n) is 3.30. The molecular formula is C12H19N3O3. The van der Waals surface area contributed by atoms with Crippen LogP contribution in [-0.2, 0) is 23.2 Å². The second-order valence-electron chi connectivity index (χ2n) is 4.73. The van der Waals surface area contributed by atoms with Crippen LogP contribution < -0.4 is 0 Å². The number of carboxylic acid groups (broad SMARTS) is 1. The van der Waals surface area contributed by atoms with Crippen LogP contribution in [0.15, 0.2) is 0 Å². The van der Waals surface area contributed by atoms with Crippen LogP contribution in [0, 0.1) is 0 Å². The minimum atomic E-state index is -0.968. The van der Waals surface area contributed by atoms with Gasteiger partial charge in [0, 0.05) is 13.0 Å². The summed E-state index contributed by atoms with van der Waals surface area (Å²) in [4.78, 5) is 14.8. The van der Waals surface area contributed by atoms with Crippen LogP contribution in [0.25, 0.3) is 0 Å².